The third-order valence-electron chi connectivity index (χ3n) is 3.72. The van der Waals surface area contributed by atoms with E-state index in [9.17, 15) is 14.7 Å². The molecular weight excluding hydrogens is 317 g/mol. The second kappa shape index (κ2) is 5.48. The Kier molecular flexibility index (Phi) is 3.82. The van der Waals surface area contributed by atoms with Gasteiger partial charge in [-0.3, -0.25) is 4.79 Å². The van der Waals surface area contributed by atoms with E-state index in [4.69, 9.17) is 27.9 Å². The highest BCUT2D eigenvalue weighted by Crippen LogP contribution is 2.42. The molecule has 0 aromatic heterocycles. The number of amides is 1. The minimum Gasteiger partial charge on any atom is -0.479 e. The molecule has 1 aromatic rings. The Bertz CT molecular complexity index is 603. The summed E-state index contributed by atoms with van der Waals surface area (Å²) in [6, 6.07) is 4.13. The van der Waals surface area contributed by atoms with Crippen molar-refractivity contribution in [2.75, 3.05) is 6.61 Å². The van der Waals surface area contributed by atoms with Crippen molar-refractivity contribution >= 4 is 35.1 Å². The van der Waals surface area contributed by atoms with E-state index in [0.717, 1.165) is 12.8 Å². The SMILES string of the molecule is O=C(O)C1OCC(=O)N(C2CC2)C1c1cc(Cl)ccc1Cl. The number of morpholine rings is 1. The minimum atomic E-state index is -1.14. The highest BCUT2D eigenvalue weighted by molar-refractivity contribution is 6.33. The number of ether oxygens (including phenoxy) is 1. The number of halogens is 2. The molecule has 1 saturated heterocycles. The van der Waals surface area contributed by atoms with Crippen molar-refractivity contribution in [2.45, 2.75) is 31.0 Å². The van der Waals surface area contributed by atoms with E-state index in [-0.39, 0.29) is 18.6 Å². The molecule has 1 aliphatic heterocycles. The van der Waals surface area contributed by atoms with Crippen molar-refractivity contribution in [3.05, 3.63) is 33.8 Å². The zero-order valence-electron chi connectivity index (χ0n) is 11.0. The number of carboxylic acid groups (broad SMARTS) is 1. The van der Waals surface area contributed by atoms with Gasteiger partial charge in [0.15, 0.2) is 6.10 Å². The number of carboxylic acids is 1. The smallest absolute Gasteiger partial charge is 0.335 e. The van der Waals surface area contributed by atoms with Crippen LogP contribution in [0.2, 0.25) is 10.0 Å². The quantitative estimate of drug-likeness (QED) is 0.925. The first-order valence-electron chi connectivity index (χ1n) is 6.59. The van der Waals surface area contributed by atoms with Gasteiger partial charge in [-0.1, -0.05) is 23.2 Å². The first-order valence-corrected chi connectivity index (χ1v) is 7.35. The van der Waals surface area contributed by atoms with Crippen LogP contribution < -0.4 is 0 Å². The summed E-state index contributed by atoms with van der Waals surface area (Å²) in [4.78, 5) is 25.2. The van der Waals surface area contributed by atoms with Crippen molar-refractivity contribution < 1.29 is 19.4 Å². The molecule has 1 aromatic carbocycles. The van der Waals surface area contributed by atoms with E-state index in [2.05, 4.69) is 0 Å². The fourth-order valence-corrected chi connectivity index (χ4v) is 3.08. The fraction of sp³-hybridized carbons (Fsp3) is 0.429. The average molecular weight is 330 g/mol. The predicted molar refractivity (Wildman–Crippen MR) is 76.4 cm³/mol. The molecule has 0 radical (unpaired) electrons. The molecule has 7 heteroatoms. The summed E-state index contributed by atoms with van der Waals surface area (Å²) >= 11 is 12.2. The van der Waals surface area contributed by atoms with Gasteiger partial charge in [0, 0.05) is 16.1 Å². The number of aliphatic carboxylic acids is 1. The van der Waals surface area contributed by atoms with Crippen molar-refractivity contribution in [1.29, 1.82) is 0 Å². The topological polar surface area (TPSA) is 66.8 Å². The normalized spacial score (nSPS) is 26.0. The summed E-state index contributed by atoms with van der Waals surface area (Å²) in [5.41, 5.74) is 0.511. The van der Waals surface area contributed by atoms with Crippen LogP contribution in [0.4, 0.5) is 0 Å². The van der Waals surface area contributed by atoms with Crippen molar-refractivity contribution in [3.63, 3.8) is 0 Å². The van der Waals surface area contributed by atoms with Crippen LogP contribution in [0.5, 0.6) is 0 Å². The molecule has 1 saturated carbocycles. The maximum atomic E-state index is 12.2. The summed E-state index contributed by atoms with van der Waals surface area (Å²) in [5, 5.41) is 10.2. The van der Waals surface area contributed by atoms with E-state index in [1.165, 1.54) is 0 Å². The fourth-order valence-electron chi connectivity index (χ4n) is 2.67. The van der Waals surface area contributed by atoms with Gasteiger partial charge >= 0.3 is 5.97 Å². The van der Waals surface area contributed by atoms with Crippen LogP contribution in [0.15, 0.2) is 18.2 Å². The summed E-state index contributed by atoms with van der Waals surface area (Å²) in [6.07, 6.45) is 0.596. The van der Waals surface area contributed by atoms with Gasteiger partial charge in [-0.2, -0.15) is 0 Å². The highest BCUT2D eigenvalue weighted by Gasteiger charge is 2.48. The Morgan fingerprint density at radius 3 is 2.67 bits per heavy atom. The molecular formula is C14H13Cl2NO4. The number of hydrogen-bond acceptors (Lipinski definition) is 3. The van der Waals surface area contributed by atoms with Gasteiger partial charge in [-0.25, -0.2) is 4.79 Å². The largest absolute Gasteiger partial charge is 0.479 e. The Hall–Kier alpha value is -1.30. The molecule has 0 bridgehead atoms. The Labute approximate surface area is 131 Å². The molecule has 2 fully saturated rings. The lowest BCUT2D eigenvalue weighted by Crippen LogP contribution is -2.52. The Morgan fingerprint density at radius 2 is 2.05 bits per heavy atom. The highest BCUT2D eigenvalue weighted by atomic mass is 35.5. The molecule has 21 heavy (non-hydrogen) atoms. The third kappa shape index (κ3) is 2.73. The van der Waals surface area contributed by atoms with Gasteiger partial charge < -0.3 is 14.7 Å². The van der Waals surface area contributed by atoms with Gasteiger partial charge in [0.2, 0.25) is 5.91 Å². The van der Waals surface area contributed by atoms with Crippen LogP contribution in [0.25, 0.3) is 0 Å². The second-order valence-electron chi connectivity index (χ2n) is 5.21. The Morgan fingerprint density at radius 1 is 1.33 bits per heavy atom. The van der Waals surface area contributed by atoms with Crippen LogP contribution in [0, 0.1) is 0 Å². The molecule has 1 aliphatic carbocycles. The maximum absolute atomic E-state index is 12.2. The Balaban J connectivity index is 2.08. The molecule has 1 N–H and O–H groups in total. The van der Waals surface area contributed by atoms with Crippen molar-refractivity contribution in [2.24, 2.45) is 0 Å². The summed E-state index contributed by atoms with van der Waals surface area (Å²) in [7, 11) is 0. The third-order valence-corrected chi connectivity index (χ3v) is 4.30. The monoisotopic (exact) mass is 329 g/mol. The summed E-state index contributed by atoms with van der Waals surface area (Å²) in [6.45, 7) is -0.220. The number of hydrogen-bond donors (Lipinski definition) is 1. The standard InChI is InChI=1S/C14H13Cl2NO4/c15-7-1-4-10(16)9(5-7)12-13(14(19)20)21-6-11(18)17(12)8-2-3-8/h1,4-5,8,12-13H,2-3,6H2,(H,19,20). The molecule has 1 heterocycles. The lowest BCUT2D eigenvalue weighted by Gasteiger charge is -2.40. The van der Waals surface area contributed by atoms with Crippen LogP contribution in [-0.2, 0) is 14.3 Å². The molecule has 2 unspecified atom stereocenters. The lowest BCUT2D eigenvalue weighted by molar-refractivity contribution is -0.174. The molecule has 2 atom stereocenters. The van der Waals surface area contributed by atoms with E-state index >= 15 is 0 Å². The maximum Gasteiger partial charge on any atom is 0.335 e. The van der Waals surface area contributed by atoms with Gasteiger partial charge in [0.1, 0.15) is 6.61 Å². The first kappa shape index (κ1) is 14.6. The van der Waals surface area contributed by atoms with Crippen LogP contribution in [0.3, 0.4) is 0 Å². The zero-order valence-corrected chi connectivity index (χ0v) is 12.5. The summed E-state index contributed by atoms with van der Waals surface area (Å²) < 4.78 is 5.23. The zero-order chi connectivity index (χ0) is 15.1. The van der Waals surface area contributed by atoms with Crippen LogP contribution >= 0.6 is 23.2 Å². The second-order valence-corrected chi connectivity index (χ2v) is 6.06. The molecule has 112 valence electrons. The molecule has 1 amide bonds. The summed E-state index contributed by atoms with van der Waals surface area (Å²) in [5.74, 6) is -1.33. The number of benzene rings is 1. The molecule has 0 spiro atoms. The average Bonchev–Trinajstić information content (AvgIpc) is 3.25. The van der Waals surface area contributed by atoms with E-state index < -0.39 is 18.1 Å². The van der Waals surface area contributed by atoms with Gasteiger partial charge in [-0.05, 0) is 36.6 Å². The molecule has 5 nitrogen and oxygen atoms in total. The van der Waals surface area contributed by atoms with Crippen molar-refractivity contribution in [3.8, 4) is 0 Å². The van der Waals surface area contributed by atoms with Gasteiger partial charge in [0.25, 0.3) is 0 Å². The molecule has 3 rings (SSSR count). The van der Waals surface area contributed by atoms with Crippen molar-refractivity contribution in [1.82, 2.24) is 4.90 Å². The lowest BCUT2D eigenvalue weighted by atomic mass is 9.97. The first-order chi connectivity index (χ1) is 9.99. The molecule has 2 aliphatic rings. The van der Waals surface area contributed by atoms with Crippen LogP contribution in [-0.4, -0.2) is 40.6 Å². The van der Waals surface area contributed by atoms with Crippen LogP contribution in [0.1, 0.15) is 24.4 Å². The van der Waals surface area contributed by atoms with E-state index in [1.807, 2.05) is 0 Å². The number of nitrogens with zero attached hydrogens (tertiary/aromatic N) is 1. The van der Waals surface area contributed by atoms with E-state index in [1.54, 1.807) is 23.1 Å². The predicted octanol–water partition coefficient (Wildman–Crippen LogP) is 2.51. The van der Waals surface area contributed by atoms with Gasteiger partial charge in [0.05, 0.1) is 6.04 Å². The number of rotatable bonds is 3. The minimum absolute atomic E-state index is 0.0586. The van der Waals surface area contributed by atoms with E-state index in [0.29, 0.717) is 15.6 Å². The van der Waals surface area contributed by atoms with Gasteiger partial charge in [-0.15, -0.1) is 0 Å². The number of carbonyl (C=O) groups is 2. The number of carbonyl (C=O) groups excluding carboxylic acids is 1.